The number of hydrogen-bond acceptors (Lipinski definition) is 4. The smallest absolute Gasteiger partial charge is 0.376 e. The van der Waals surface area contributed by atoms with Crippen LogP contribution in [-0.2, 0) is 15.7 Å². The lowest BCUT2D eigenvalue weighted by atomic mass is 10.1. The van der Waals surface area contributed by atoms with Crippen molar-refractivity contribution in [3.8, 4) is 16.9 Å². The maximum Gasteiger partial charge on any atom is 0.416 e. The van der Waals surface area contributed by atoms with Gasteiger partial charge in [-0.15, -0.1) is 0 Å². The second-order valence-corrected chi connectivity index (χ2v) is 10.0. The number of aromatic nitrogens is 2. The molecule has 3 aromatic carbocycles. The summed E-state index contributed by atoms with van der Waals surface area (Å²) in [5.74, 6) is -0.781. The summed E-state index contributed by atoms with van der Waals surface area (Å²) < 4.78 is 46.7. The van der Waals surface area contributed by atoms with Crippen molar-refractivity contribution in [3.63, 3.8) is 0 Å². The summed E-state index contributed by atoms with van der Waals surface area (Å²) in [6, 6.07) is 20.1. The summed E-state index contributed by atoms with van der Waals surface area (Å²) >= 11 is 5.98. The Balaban J connectivity index is 1.42. The van der Waals surface area contributed by atoms with Crippen molar-refractivity contribution in [2.24, 2.45) is 0 Å². The lowest BCUT2D eigenvalue weighted by Gasteiger charge is -2.25. The molecule has 0 saturated carbocycles. The van der Waals surface area contributed by atoms with E-state index in [-0.39, 0.29) is 31.0 Å². The van der Waals surface area contributed by atoms with Crippen molar-refractivity contribution < 1.29 is 27.5 Å². The number of imidazole rings is 1. The lowest BCUT2D eigenvalue weighted by molar-refractivity contribution is -0.137. The van der Waals surface area contributed by atoms with Gasteiger partial charge in [-0.3, -0.25) is 19.5 Å². The Kier molecular flexibility index (Phi) is 8.41. The fraction of sp³-hybridized carbons (Fsp3) is 0.233. The van der Waals surface area contributed by atoms with E-state index in [0.29, 0.717) is 28.6 Å². The van der Waals surface area contributed by atoms with Crippen molar-refractivity contribution in [2.45, 2.75) is 25.1 Å². The standard InChI is InChI=1S/C30H26ClF3N4O3/c31-23-12-8-21(9-13-23)28(40)37(17-25-7-4-16-41-25)19-27(39)36-29-35-26(20-5-2-1-3-6-20)18-38(29)24-14-10-22(11-15-24)30(32,33)34/h1-3,5-6,8-15,18,25H,4,7,16-17,19H2,(H,35,36,39). The lowest BCUT2D eigenvalue weighted by Crippen LogP contribution is -2.42. The molecule has 7 nitrogen and oxygen atoms in total. The summed E-state index contributed by atoms with van der Waals surface area (Å²) in [4.78, 5) is 32.7. The number of nitrogens with zero attached hydrogens (tertiary/aromatic N) is 3. The molecule has 2 heterocycles. The Bertz CT molecular complexity index is 1500. The molecule has 1 unspecified atom stereocenters. The number of nitrogens with one attached hydrogen (secondary N) is 1. The molecular weight excluding hydrogens is 557 g/mol. The average Bonchev–Trinajstić information content (AvgIpc) is 3.63. The van der Waals surface area contributed by atoms with Crippen LogP contribution in [0.3, 0.4) is 0 Å². The highest BCUT2D eigenvalue weighted by Crippen LogP contribution is 2.31. The third kappa shape index (κ3) is 6.96. The van der Waals surface area contributed by atoms with Crippen molar-refractivity contribution in [1.82, 2.24) is 14.5 Å². The Morgan fingerprint density at radius 1 is 1.02 bits per heavy atom. The predicted octanol–water partition coefficient (Wildman–Crippen LogP) is 6.47. The Hall–Kier alpha value is -4.15. The van der Waals surface area contributed by atoms with Gasteiger partial charge in [0.2, 0.25) is 11.9 Å². The number of halogens is 4. The van der Waals surface area contributed by atoms with E-state index >= 15 is 0 Å². The zero-order valence-corrected chi connectivity index (χ0v) is 22.5. The van der Waals surface area contributed by atoms with Gasteiger partial charge in [0.1, 0.15) is 6.54 Å². The van der Waals surface area contributed by atoms with Crippen LogP contribution in [0.2, 0.25) is 5.02 Å². The van der Waals surface area contributed by atoms with Crippen LogP contribution >= 0.6 is 11.6 Å². The molecule has 5 rings (SSSR count). The van der Waals surface area contributed by atoms with Gasteiger partial charge in [0, 0.05) is 41.2 Å². The molecule has 1 atom stereocenters. The zero-order chi connectivity index (χ0) is 29.0. The van der Waals surface area contributed by atoms with Crippen LogP contribution in [0.5, 0.6) is 0 Å². The summed E-state index contributed by atoms with van der Waals surface area (Å²) in [6.07, 6.45) is -1.41. The number of anilines is 1. The molecule has 1 N–H and O–H groups in total. The van der Waals surface area contributed by atoms with E-state index in [4.69, 9.17) is 16.3 Å². The van der Waals surface area contributed by atoms with Crippen LogP contribution < -0.4 is 5.32 Å². The first-order chi connectivity index (χ1) is 19.7. The van der Waals surface area contributed by atoms with Crippen molar-refractivity contribution >= 4 is 29.4 Å². The highest BCUT2D eigenvalue weighted by molar-refractivity contribution is 6.30. The molecule has 1 aliphatic heterocycles. The zero-order valence-electron chi connectivity index (χ0n) is 21.8. The third-order valence-corrected chi connectivity index (χ3v) is 6.91. The second kappa shape index (κ2) is 12.2. The van der Waals surface area contributed by atoms with Gasteiger partial charge in [-0.2, -0.15) is 13.2 Å². The van der Waals surface area contributed by atoms with Crippen molar-refractivity contribution in [1.29, 1.82) is 0 Å². The molecule has 1 aliphatic rings. The number of hydrogen-bond donors (Lipinski definition) is 1. The minimum absolute atomic E-state index is 0.102. The molecule has 1 fully saturated rings. The molecule has 0 bridgehead atoms. The number of ether oxygens (including phenoxy) is 1. The maximum atomic E-state index is 13.4. The summed E-state index contributed by atoms with van der Waals surface area (Å²) in [6.45, 7) is 0.520. The molecule has 4 aromatic rings. The highest BCUT2D eigenvalue weighted by atomic mass is 35.5. The first kappa shape index (κ1) is 28.4. The molecule has 212 valence electrons. The molecule has 2 amide bonds. The molecule has 0 spiro atoms. The van der Waals surface area contributed by atoms with Gasteiger partial charge in [-0.1, -0.05) is 41.9 Å². The van der Waals surface area contributed by atoms with Gasteiger partial charge in [-0.05, 0) is 61.4 Å². The van der Waals surface area contributed by atoms with Gasteiger partial charge in [-0.25, -0.2) is 4.98 Å². The first-order valence-corrected chi connectivity index (χ1v) is 13.3. The van der Waals surface area contributed by atoms with Gasteiger partial charge in [0.05, 0.1) is 17.4 Å². The summed E-state index contributed by atoms with van der Waals surface area (Å²) in [5.41, 5.74) is 1.22. The quantitative estimate of drug-likeness (QED) is 0.258. The number of carbonyl (C=O) groups is 2. The fourth-order valence-corrected chi connectivity index (χ4v) is 4.72. The van der Waals surface area contributed by atoms with Crippen LogP contribution in [-0.4, -0.2) is 52.1 Å². The Labute approximate surface area is 239 Å². The fourth-order valence-electron chi connectivity index (χ4n) is 4.59. The molecule has 0 aliphatic carbocycles. The van der Waals surface area contributed by atoms with E-state index in [0.717, 1.165) is 30.5 Å². The van der Waals surface area contributed by atoms with E-state index in [1.54, 1.807) is 30.5 Å². The predicted molar refractivity (Wildman–Crippen MR) is 149 cm³/mol. The van der Waals surface area contributed by atoms with E-state index in [9.17, 15) is 22.8 Å². The van der Waals surface area contributed by atoms with E-state index in [1.807, 2.05) is 30.3 Å². The Morgan fingerprint density at radius 2 is 1.73 bits per heavy atom. The SMILES string of the molecule is O=C(CN(CC1CCCO1)C(=O)c1ccc(Cl)cc1)Nc1nc(-c2ccccc2)cn1-c1ccc(C(F)(F)F)cc1. The summed E-state index contributed by atoms with van der Waals surface area (Å²) in [7, 11) is 0. The van der Waals surface area contributed by atoms with Crippen LogP contribution in [0.1, 0.15) is 28.8 Å². The average molecular weight is 583 g/mol. The number of alkyl halides is 3. The molecule has 1 aromatic heterocycles. The van der Waals surface area contributed by atoms with E-state index in [2.05, 4.69) is 10.3 Å². The van der Waals surface area contributed by atoms with Gasteiger partial charge in [0.15, 0.2) is 0 Å². The third-order valence-electron chi connectivity index (χ3n) is 6.66. The highest BCUT2D eigenvalue weighted by Gasteiger charge is 2.30. The van der Waals surface area contributed by atoms with Gasteiger partial charge < -0.3 is 9.64 Å². The number of benzene rings is 3. The Morgan fingerprint density at radius 3 is 2.37 bits per heavy atom. The van der Waals surface area contributed by atoms with Crippen molar-refractivity contribution in [2.75, 3.05) is 25.0 Å². The minimum atomic E-state index is -4.48. The number of rotatable bonds is 8. The molecule has 1 saturated heterocycles. The molecule has 11 heteroatoms. The van der Waals surface area contributed by atoms with Gasteiger partial charge in [0.25, 0.3) is 5.91 Å². The van der Waals surface area contributed by atoms with Crippen LogP contribution in [0.25, 0.3) is 16.9 Å². The number of amides is 2. The van der Waals surface area contributed by atoms with E-state index in [1.165, 1.54) is 21.6 Å². The largest absolute Gasteiger partial charge is 0.416 e. The first-order valence-electron chi connectivity index (χ1n) is 13.0. The van der Waals surface area contributed by atoms with Crippen LogP contribution in [0.15, 0.2) is 85.1 Å². The monoisotopic (exact) mass is 582 g/mol. The van der Waals surface area contributed by atoms with Gasteiger partial charge >= 0.3 is 6.18 Å². The summed E-state index contributed by atoms with van der Waals surface area (Å²) in [5, 5.41) is 3.23. The number of carbonyl (C=O) groups excluding carboxylic acids is 2. The normalized spacial score (nSPS) is 15.1. The van der Waals surface area contributed by atoms with E-state index < -0.39 is 17.6 Å². The van der Waals surface area contributed by atoms with Crippen LogP contribution in [0, 0.1) is 0 Å². The molecule has 0 radical (unpaired) electrons. The molecular formula is C30H26ClF3N4O3. The molecule has 41 heavy (non-hydrogen) atoms. The topological polar surface area (TPSA) is 76.5 Å². The van der Waals surface area contributed by atoms with Crippen molar-refractivity contribution in [3.05, 3.63) is 101 Å². The maximum absolute atomic E-state index is 13.4. The second-order valence-electron chi connectivity index (χ2n) is 9.61. The minimum Gasteiger partial charge on any atom is -0.376 e. The van der Waals surface area contributed by atoms with Crippen LogP contribution in [0.4, 0.5) is 19.1 Å².